The van der Waals surface area contributed by atoms with Crippen LogP contribution in [0, 0.1) is 0 Å². The highest BCUT2D eigenvalue weighted by Gasteiger charge is 2.33. The Balaban J connectivity index is 2.48. The molecule has 0 saturated heterocycles. The van der Waals surface area contributed by atoms with Crippen LogP contribution in [0.4, 0.5) is 13.2 Å². The van der Waals surface area contributed by atoms with Crippen molar-refractivity contribution in [3.05, 3.63) is 29.7 Å². The summed E-state index contributed by atoms with van der Waals surface area (Å²) in [6.45, 7) is 0. The largest absolute Gasteiger partial charge is 0.433 e. The molecule has 3 N–H and O–H groups in total. The minimum absolute atomic E-state index is 0.0631. The number of hydrogen-bond donors (Lipinski definition) is 2. The van der Waals surface area contributed by atoms with Gasteiger partial charge in [0.15, 0.2) is 10.2 Å². The first-order valence-electron chi connectivity index (χ1n) is 4.92. The molecular formula is C9H6F3N5OS2. The Hall–Kier alpha value is -1.88. The maximum absolute atomic E-state index is 12.7. The summed E-state index contributed by atoms with van der Waals surface area (Å²) in [6, 6.07) is 1.85. The van der Waals surface area contributed by atoms with Gasteiger partial charge in [-0.2, -0.15) is 17.5 Å². The third kappa shape index (κ3) is 3.17. The van der Waals surface area contributed by atoms with Gasteiger partial charge in [0.25, 0.3) is 0 Å². The highest BCUT2D eigenvalue weighted by molar-refractivity contribution is 8.01. The smallest absolute Gasteiger partial charge is 0.409 e. The van der Waals surface area contributed by atoms with Crippen LogP contribution < -0.4 is 5.73 Å². The summed E-state index contributed by atoms with van der Waals surface area (Å²) < 4.78 is 42.1. The number of oxime groups is 1. The number of halogens is 3. The van der Waals surface area contributed by atoms with E-state index in [2.05, 4.69) is 19.5 Å². The number of amidine groups is 1. The fourth-order valence-electron chi connectivity index (χ4n) is 1.22. The molecule has 0 radical (unpaired) electrons. The zero-order chi connectivity index (χ0) is 14.8. The Morgan fingerprint density at radius 2 is 2.15 bits per heavy atom. The average molecular weight is 321 g/mol. The molecule has 0 atom stereocenters. The maximum atomic E-state index is 12.7. The monoisotopic (exact) mass is 321 g/mol. The van der Waals surface area contributed by atoms with Gasteiger partial charge >= 0.3 is 6.18 Å². The molecule has 2 heterocycles. The summed E-state index contributed by atoms with van der Waals surface area (Å²) in [5, 5.41) is 11.4. The van der Waals surface area contributed by atoms with Crippen molar-refractivity contribution in [1.29, 1.82) is 0 Å². The van der Waals surface area contributed by atoms with E-state index in [0.717, 1.165) is 35.4 Å². The third-order valence-electron chi connectivity index (χ3n) is 2.06. The van der Waals surface area contributed by atoms with Crippen molar-refractivity contribution in [3.63, 3.8) is 0 Å². The summed E-state index contributed by atoms with van der Waals surface area (Å²) in [5.74, 6) is -0.335. The van der Waals surface area contributed by atoms with Crippen molar-refractivity contribution in [2.24, 2.45) is 10.9 Å². The zero-order valence-corrected chi connectivity index (χ0v) is 11.1. The molecule has 0 unspecified atom stereocenters. The lowest BCUT2D eigenvalue weighted by molar-refractivity contribution is -0.141. The topological polar surface area (TPSA) is 97.3 Å². The summed E-state index contributed by atoms with van der Waals surface area (Å²) in [4.78, 5) is 7.33. The molecule has 0 amide bonds. The van der Waals surface area contributed by atoms with Gasteiger partial charge in [-0.15, -0.1) is 0 Å². The molecule has 0 aliphatic carbocycles. The second-order valence-corrected chi connectivity index (χ2v) is 5.36. The van der Waals surface area contributed by atoms with Gasteiger partial charge in [-0.25, -0.2) is 9.97 Å². The van der Waals surface area contributed by atoms with Crippen LogP contribution in [-0.2, 0) is 6.18 Å². The fraction of sp³-hybridized carbons (Fsp3) is 0.111. The van der Waals surface area contributed by atoms with E-state index in [-0.39, 0.29) is 16.4 Å². The summed E-state index contributed by atoms with van der Waals surface area (Å²) in [5.41, 5.74) is 4.43. The van der Waals surface area contributed by atoms with Gasteiger partial charge in [-0.05, 0) is 35.4 Å². The van der Waals surface area contributed by atoms with E-state index in [1.54, 1.807) is 0 Å². The number of pyridine rings is 1. The first-order valence-corrected chi connectivity index (χ1v) is 6.51. The molecule has 0 aliphatic heterocycles. The minimum Gasteiger partial charge on any atom is -0.409 e. The van der Waals surface area contributed by atoms with E-state index in [1.807, 2.05) is 0 Å². The Labute approximate surface area is 118 Å². The quantitative estimate of drug-likeness (QED) is 0.389. The third-order valence-corrected chi connectivity index (χ3v) is 3.78. The van der Waals surface area contributed by atoms with Gasteiger partial charge in [0.2, 0.25) is 0 Å². The molecule has 11 heteroatoms. The number of nitrogens with two attached hydrogens (primary N) is 1. The van der Waals surface area contributed by atoms with Crippen LogP contribution >= 0.6 is 23.3 Å². The van der Waals surface area contributed by atoms with Crippen LogP contribution in [0.1, 0.15) is 11.3 Å². The van der Waals surface area contributed by atoms with Gasteiger partial charge in [0, 0.05) is 0 Å². The van der Waals surface area contributed by atoms with Crippen molar-refractivity contribution in [3.8, 4) is 0 Å². The van der Waals surface area contributed by atoms with Gasteiger partial charge in [-0.3, -0.25) is 0 Å². The molecule has 2 rings (SSSR count). The van der Waals surface area contributed by atoms with Crippen LogP contribution in [0.25, 0.3) is 0 Å². The van der Waals surface area contributed by atoms with Gasteiger partial charge in [-0.1, -0.05) is 5.16 Å². The molecule has 2 aromatic heterocycles. The summed E-state index contributed by atoms with van der Waals surface area (Å²) >= 11 is 1.85. The lowest BCUT2D eigenvalue weighted by atomic mass is 10.2. The van der Waals surface area contributed by atoms with E-state index in [0.29, 0.717) is 4.34 Å². The number of hydrogen-bond acceptors (Lipinski definition) is 7. The maximum Gasteiger partial charge on any atom is 0.433 e. The first-order chi connectivity index (χ1) is 9.41. The van der Waals surface area contributed by atoms with E-state index >= 15 is 0 Å². The number of aromatic nitrogens is 3. The zero-order valence-electron chi connectivity index (χ0n) is 9.50. The highest BCUT2D eigenvalue weighted by atomic mass is 32.2. The van der Waals surface area contributed by atoms with Crippen molar-refractivity contribution in [2.75, 3.05) is 0 Å². The second-order valence-electron chi connectivity index (χ2n) is 3.34. The lowest BCUT2D eigenvalue weighted by Crippen LogP contribution is -2.17. The Morgan fingerprint density at radius 1 is 1.40 bits per heavy atom. The van der Waals surface area contributed by atoms with Gasteiger partial charge in [0.05, 0.1) is 5.56 Å². The fourth-order valence-corrected chi connectivity index (χ4v) is 2.70. The molecule has 6 nitrogen and oxygen atoms in total. The van der Waals surface area contributed by atoms with E-state index < -0.39 is 11.9 Å². The van der Waals surface area contributed by atoms with Crippen LogP contribution in [-0.4, -0.2) is 25.4 Å². The molecule has 0 aromatic carbocycles. The number of nitrogens with zero attached hydrogens (tertiary/aromatic N) is 4. The number of rotatable bonds is 3. The molecule has 0 aliphatic rings. The van der Waals surface area contributed by atoms with Crippen molar-refractivity contribution in [2.45, 2.75) is 15.5 Å². The van der Waals surface area contributed by atoms with Crippen LogP contribution in [0.15, 0.2) is 33.0 Å². The van der Waals surface area contributed by atoms with Crippen molar-refractivity contribution >= 4 is 29.1 Å². The normalized spacial score (nSPS) is 12.7. The molecule has 0 spiro atoms. The Morgan fingerprint density at radius 3 is 2.70 bits per heavy atom. The molecule has 0 fully saturated rings. The van der Waals surface area contributed by atoms with E-state index in [9.17, 15) is 13.2 Å². The Bertz CT molecular complexity index is 629. The van der Waals surface area contributed by atoms with Crippen molar-refractivity contribution < 1.29 is 18.4 Å². The predicted molar refractivity (Wildman–Crippen MR) is 65.8 cm³/mol. The van der Waals surface area contributed by atoms with Crippen LogP contribution in [0.2, 0.25) is 0 Å². The van der Waals surface area contributed by atoms with E-state index in [1.165, 1.54) is 6.33 Å². The molecule has 106 valence electrons. The van der Waals surface area contributed by atoms with Crippen LogP contribution in [0.5, 0.6) is 0 Å². The van der Waals surface area contributed by atoms with Crippen molar-refractivity contribution in [1.82, 2.24) is 14.3 Å². The van der Waals surface area contributed by atoms with E-state index in [4.69, 9.17) is 10.9 Å². The standard InChI is InChI=1S/C9H6F3N5OS2/c10-9(11,12)5-2-1-4(6(13)17-18)7(16-5)19-8-14-3-15-20-8/h1-3,18H,(H2,13,17). The SMILES string of the molecule is N/C(=N/O)c1ccc(C(F)(F)F)nc1Sc1ncns1. The molecule has 20 heavy (non-hydrogen) atoms. The first kappa shape index (κ1) is 14.5. The van der Waals surface area contributed by atoms with Crippen LogP contribution in [0.3, 0.4) is 0 Å². The molecule has 0 bridgehead atoms. The van der Waals surface area contributed by atoms with Gasteiger partial charge in [0.1, 0.15) is 17.0 Å². The second kappa shape index (κ2) is 5.63. The minimum atomic E-state index is -4.58. The summed E-state index contributed by atoms with van der Waals surface area (Å²) in [6.07, 6.45) is -3.32. The molecule has 0 saturated carbocycles. The predicted octanol–water partition coefficient (Wildman–Crippen LogP) is 2.20. The lowest BCUT2D eigenvalue weighted by Gasteiger charge is -2.10. The average Bonchev–Trinajstić information content (AvgIpc) is 2.89. The highest BCUT2D eigenvalue weighted by Crippen LogP contribution is 2.34. The molecular weight excluding hydrogens is 315 g/mol. The summed E-state index contributed by atoms with van der Waals surface area (Å²) in [7, 11) is 0. The molecule has 2 aromatic rings. The Kier molecular flexibility index (Phi) is 4.09. The number of alkyl halides is 3. The van der Waals surface area contributed by atoms with Gasteiger partial charge < -0.3 is 10.9 Å².